The fourth-order valence-electron chi connectivity index (χ4n) is 4.55. The highest BCUT2D eigenvalue weighted by molar-refractivity contribution is 5.68. The number of benzene rings is 1. The van der Waals surface area contributed by atoms with Crippen molar-refractivity contribution in [1.82, 2.24) is 10.4 Å². The molecule has 0 aliphatic carbocycles. The first-order valence-electron chi connectivity index (χ1n) is 11.4. The molecule has 1 aromatic carbocycles. The Bertz CT molecular complexity index is 702. The summed E-state index contributed by atoms with van der Waals surface area (Å²) in [5.74, 6) is 0.192. The van der Waals surface area contributed by atoms with Crippen molar-refractivity contribution in [1.29, 1.82) is 0 Å². The van der Waals surface area contributed by atoms with Crippen LogP contribution in [0.15, 0.2) is 30.3 Å². The summed E-state index contributed by atoms with van der Waals surface area (Å²) in [4.78, 5) is 19.2. The van der Waals surface area contributed by atoms with Crippen LogP contribution < -0.4 is 5.32 Å². The van der Waals surface area contributed by atoms with Crippen molar-refractivity contribution in [2.45, 2.75) is 110 Å². The first kappa shape index (κ1) is 24.7. The second kappa shape index (κ2) is 9.27. The first-order chi connectivity index (χ1) is 13.9. The molecule has 5 nitrogen and oxygen atoms in total. The average Bonchev–Trinajstić information content (AvgIpc) is 2.68. The Morgan fingerprint density at radius 1 is 1.20 bits per heavy atom. The molecule has 5 atom stereocenters. The highest BCUT2D eigenvalue weighted by Gasteiger charge is 2.54. The summed E-state index contributed by atoms with van der Waals surface area (Å²) >= 11 is 0. The van der Waals surface area contributed by atoms with E-state index in [1.165, 1.54) is 0 Å². The molecule has 1 aromatic rings. The molecule has 0 saturated carbocycles. The number of hydroxylamine groups is 2. The lowest BCUT2D eigenvalue weighted by atomic mass is 9.68. The number of nitrogens with zero attached hydrogens (tertiary/aromatic N) is 1. The topological polar surface area (TPSA) is 50.8 Å². The maximum atomic E-state index is 12.5. The van der Waals surface area contributed by atoms with Crippen LogP contribution in [-0.2, 0) is 9.57 Å². The molecule has 30 heavy (non-hydrogen) atoms. The van der Waals surface area contributed by atoms with Crippen LogP contribution in [0.4, 0.5) is 4.79 Å². The molecule has 1 amide bonds. The maximum Gasteiger partial charge on any atom is 0.407 e. The molecule has 2 rings (SSSR count). The molecule has 1 heterocycles. The van der Waals surface area contributed by atoms with Gasteiger partial charge < -0.3 is 10.1 Å². The molecule has 1 saturated heterocycles. The van der Waals surface area contributed by atoms with Crippen LogP contribution in [0.5, 0.6) is 0 Å². The van der Waals surface area contributed by atoms with Crippen LogP contribution in [0.3, 0.4) is 0 Å². The van der Waals surface area contributed by atoms with Crippen LogP contribution in [0.25, 0.3) is 0 Å². The number of rotatable bonds is 6. The van der Waals surface area contributed by atoms with Gasteiger partial charge in [0.25, 0.3) is 0 Å². The highest BCUT2D eigenvalue weighted by Crippen LogP contribution is 2.47. The number of carbonyl (C=O) groups excluding carboxylic acids is 1. The molecule has 1 aliphatic rings. The summed E-state index contributed by atoms with van der Waals surface area (Å²) in [6.45, 7) is 18.9. The summed E-state index contributed by atoms with van der Waals surface area (Å²) in [5, 5.41) is 5.41. The Balaban J connectivity index is 2.30. The fraction of sp³-hybridized carbons (Fsp3) is 0.720. The number of carbonyl (C=O) groups is 1. The number of nitrogens with one attached hydrogen (secondary N) is 1. The minimum Gasteiger partial charge on any atom is -0.444 e. The Morgan fingerprint density at radius 3 is 2.30 bits per heavy atom. The average molecular weight is 419 g/mol. The van der Waals surface area contributed by atoms with E-state index in [0.717, 1.165) is 24.8 Å². The fourth-order valence-corrected chi connectivity index (χ4v) is 4.55. The van der Waals surface area contributed by atoms with Crippen molar-refractivity contribution in [2.75, 3.05) is 0 Å². The minimum atomic E-state index is -0.510. The van der Waals surface area contributed by atoms with Crippen molar-refractivity contribution in [3.8, 4) is 0 Å². The molecular weight excluding hydrogens is 376 g/mol. The van der Waals surface area contributed by atoms with Gasteiger partial charge in [0.15, 0.2) is 0 Å². The summed E-state index contributed by atoms with van der Waals surface area (Å²) in [6.07, 6.45) is 2.25. The Kier molecular flexibility index (Phi) is 7.63. The third-order valence-corrected chi connectivity index (χ3v) is 6.91. The summed E-state index contributed by atoms with van der Waals surface area (Å²) in [6, 6.07) is 10.4. The molecule has 1 aliphatic heterocycles. The van der Waals surface area contributed by atoms with Crippen molar-refractivity contribution < 1.29 is 14.4 Å². The van der Waals surface area contributed by atoms with Gasteiger partial charge in [0.05, 0.1) is 0 Å². The van der Waals surface area contributed by atoms with E-state index in [1.54, 1.807) is 0 Å². The third-order valence-electron chi connectivity index (χ3n) is 6.91. The number of ether oxygens (including phenoxy) is 1. The van der Waals surface area contributed by atoms with Crippen molar-refractivity contribution in [2.24, 2.45) is 5.92 Å². The molecule has 5 heteroatoms. The zero-order chi connectivity index (χ0) is 22.7. The largest absolute Gasteiger partial charge is 0.444 e. The van der Waals surface area contributed by atoms with Gasteiger partial charge in [-0.25, -0.2) is 4.79 Å². The number of amides is 1. The van der Waals surface area contributed by atoms with E-state index >= 15 is 0 Å². The quantitative estimate of drug-likeness (QED) is 0.593. The summed E-state index contributed by atoms with van der Waals surface area (Å²) < 4.78 is 5.55. The molecular formula is C25H42N2O3. The molecule has 1 fully saturated rings. The maximum absolute atomic E-state index is 12.5. The van der Waals surface area contributed by atoms with E-state index in [4.69, 9.17) is 9.57 Å². The SMILES string of the molecule is CCC1(C)CC(NC(=O)OC(C)(C)C)C(C)C(C)(CC)N1OC(C)c1ccccc1. The van der Waals surface area contributed by atoms with Crippen molar-refractivity contribution in [3.05, 3.63) is 35.9 Å². The summed E-state index contributed by atoms with van der Waals surface area (Å²) in [7, 11) is 0. The molecule has 170 valence electrons. The number of hydrogen-bond donors (Lipinski definition) is 1. The van der Waals surface area contributed by atoms with Crippen LogP contribution in [-0.4, -0.2) is 33.9 Å². The Hall–Kier alpha value is -1.59. The molecule has 0 radical (unpaired) electrons. The summed E-state index contributed by atoms with van der Waals surface area (Å²) in [5.41, 5.74) is 0.215. The van der Waals surface area contributed by atoms with Crippen LogP contribution in [0.1, 0.15) is 93.2 Å². The van der Waals surface area contributed by atoms with Crippen LogP contribution in [0, 0.1) is 5.92 Å². The van der Waals surface area contributed by atoms with E-state index in [9.17, 15) is 4.79 Å². The van der Waals surface area contributed by atoms with Gasteiger partial charge in [0.1, 0.15) is 11.7 Å². The van der Waals surface area contributed by atoms with Gasteiger partial charge in [0.2, 0.25) is 0 Å². The van der Waals surface area contributed by atoms with Crippen LogP contribution in [0.2, 0.25) is 0 Å². The van der Waals surface area contributed by atoms with E-state index in [2.05, 4.69) is 64.1 Å². The van der Waals surface area contributed by atoms with Gasteiger partial charge in [-0.1, -0.05) is 51.1 Å². The standard InChI is InChI=1S/C25H42N2O3/c1-10-24(8)17-21(26-22(28)29-23(5,6)7)18(3)25(9,11-2)27(24)30-19(4)20-15-13-12-14-16-20/h12-16,18-19,21H,10-11,17H2,1-9H3,(H,26,28). The number of hydrogen-bond acceptors (Lipinski definition) is 4. The van der Waals surface area contributed by atoms with Gasteiger partial charge in [-0.2, -0.15) is 5.06 Å². The monoisotopic (exact) mass is 418 g/mol. The van der Waals surface area contributed by atoms with E-state index < -0.39 is 5.60 Å². The van der Waals surface area contributed by atoms with E-state index in [0.29, 0.717) is 0 Å². The second-order valence-corrected chi connectivity index (χ2v) is 10.3. The molecule has 0 spiro atoms. The zero-order valence-corrected chi connectivity index (χ0v) is 20.4. The lowest BCUT2D eigenvalue weighted by Crippen LogP contribution is -2.70. The number of alkyl carbamates (subject to hydrolysis) is 1. The minimum absolute atomic E-state index is 0.0154. The van der Waals surface area contributed by atoms with E-state index in [1.807, 2.05) is 39.0 Å². The van der Waals surface area contributed by atoms with Crippen molar-refractivity contribution in [3.63, 3.8) is 0 Å². The number of piperidine rings is 1. The third kappa shape index (κ3) is 5.36. The van der Waals surface area contributed by atoms with Gasteiger partial charge in [0, 0.05) is 17.1 Å². The van der Waals surface area contributed by atoms with Crippen molar-refractivity contribution >= 4 is 6.09 Å². The van der Waals surface area contributed by atoms with Crippen LogP contribution >= 0.6 is 0 Å². The molecule has 0 aromatic heterocycles. The van der Waals surface area contributed by atoms with Gasteiger partial charge >= 0.3 is 6.09 Å². The van der Waals surface area contributed by atoms with E-state index in [-0.39, 0.29) is 35.2 Å². The molecule has 1 N–H and O–H groups in total. The normalized spacial score (nSPS) is 31.2. The zero-order valence-electron chi connectivity index (χ0n) is 20.4. The Labute approximate surface area is 183 Å². The second-order valence-electron chi connectivity index (χ2n) is 10.3. The molecule has 5 unspecified atom stereocenters. The van der Waals surface area contributed by atoms with Gasteiger partial charge in [-0.05, 0) is 72.3 Å². The smallest absolute Gasteiger partial charge is 0.407 e. The predicted molar refractivity (Wildman–Crippen MR) is 122 cm³/mol. The first-order valence-corrected chi connectivity index (χ1v) is 11.4. The predicted octanol–water partition coefficient (Wildman–Crippen LogP) is 6.25. The highest BCUT2D eigenvalue weighted by atomic mass is 16.7. The van der Waals surface area contributed by atoms with Gasteiger partial charge in [-0.3, -0.25) is 4.84 Å². The lowest BCUT2D eigenvalue weighted by Gasteiger charge is -2.59. The van der Waals surface area contributed by atoms with Gasteiger partial charge in [-0.15, -0.1) is 0 Å². The Morgan fingerprint density at radius 2 is 1.80 bits per heavy atom. The molecule has 0 bridgehead atoms. The lowest BCUT2D eigenvalue weighted by molar-refractivity contribution is -0.327.